The van der Waals surface area contributed by atoms with Gasteiger partial charge in [-0.15, -0.1) is 5.10 Å². The van der Waals surface area contributed by atoms with E-state index in [1.54, 1.807) is 35.9 Å². The smallest absolute Gasteiger partial charge is 0.351 e. The minimum atomic E-state index is -0.381. The number of fused-ring (bicyclic) bond motifs is 3. The second kappa shape index (κ2) is 8.86. The molecule has 0 N–H and O–H groups in total. The van der Waals surface area contributed by atoms with Crippen molar-refractivity contribution in [3.63, 3.8) is 0 Å². The second-order valence-electron chi connectivity index (χ2n) is 8.39. The third-order valence-electron chi connectivity index (χ3n) is 5.98. The molecule has 180 valence electrons. The van der Waals surface area contributed by atoms with Gasteiger partial charge < -0.3 is 9.47 Å². The Morgan fingerprint density at radius 3 is 2.46 bits per heavy atom. The summed E-state index contributed by atoms with van der Waals surface area (Å²) in [6.07, 6.45) is 0.502. The van der Waals surface area contributed by atoms with Gasteiger partial charge in [-0.1, -0.05) is 12.1 Å². The highest BCUT2D eigenvalue weighted by molar-refractivity contribution is 5.94. The molecule has 5 rings (SSSR count). The molecule has 0 radical (unpaired) electrons. The molecule has 0 atom stereocenters. The zero-order chi connectivity index (χ0) is 24.7. The van der Waals surface area contributed by atoms with Crippen LogP contribution < -0.4 is 15.2 Å². The van der Waals surface area contributed by atoms with Gasteiger partial charge in [0.1, 0.15) is 5.82 Å². The van der Waals surface area contributed by atoms with Crippen molar-refractivity contribution in [2.75, 3.05) is 14.2 Å². The molecule has 0 aliphatic heterocycles. The lowest BCUT2D eigenvalue weighted by Crippen LogP contribution is -2.28. The molecule has 3 aromatic heterocycles. The summed E-state index contributed by atoms with van der Waals surface area (Å²) in [6.45, 7) is 4.68. The molecule has 10 heteroatoms. The fourth-order valence-corrected chi connectivity index (χ4v) is 4.33. The lowest BCUT2D eigenvalue weighted by atomic mass is 10.1. The van der Waals surface area contributed by atoms with Crippen molar-refractivity contribution in [2.45, 2.75) is 33.4 Å². The molecule has 0 amide bonds. The Morgan fingerprint density at radius 1 is 1.00 bits per heavy atom. The highest BCUT2D eigenvalue weighted by atomic mass is 19.1. The van der Waals surface area contributed by atoms with Gasteiger partial charge in [0.15, 0.2) is 23.0 Å². The Kier molecular flexibility index (Phi) is 5.72. The van der Waals surface area contributed by atoms with E-state index in [1.807, 2.05) is 24.6 Å². The van der Waals surface area contributed by atoms with Crippen molar-refractivity contribution < 1.29 is 13.9 Å². The van der Waals surface area contributed by atoms with Crippen LogP contribution in [-0.4, -0.2) is 43.2 Å². The summed E-state index contributed by atoms with van der Waals surface area (Å²) in [4.78, 5) is 18.3. The fraction of sp³-hybridized carbons (Fsp3) is 0.280. The maximum Gasteiger partial charge on any atom is 0.351 e. The van der Waals surface area contributed by atoms with E-state index in [9.17, 15) is 9.18 Å². The first kappa shape index (κ1) is 22.6. The Hall–Kier alpha value is -4.21. The van der Waals surface area contributed by atoms with Crippen LogP contribution in [0.1, 0.15) is 22.8 Å². The highest BCUT2D eigenvalue weighted by Gasteiger charge is 2.19. The topological polar surface area (TPSA) is 88.5 Å². The van der Waals surface area contributed by atoms with E-state index in [2.05, 4.69) is 15.2 Å². The molecule has 0 aliphatic carbocycles. The molecule has 9 nitrogen and oxygen atoms in total. The molecule has 0 saturated heterocycles. The molecule has 0 unspecified atom stereocenters. The third kappa shape index (κ3) is 4.11. The van der Waals surface area contributed by atoms with Gasteiger partial charge in [0.25, 0.3) is 0 Å². The van der Waals surface area contributed by atoms with Crippen LogP contribution in [0.4, 0.5) is 4.39 Å². The fourth-order valence-electron chi connectivity index (χ4n) is 4.33. The minimum absolute atomic E-state index is 0.152. The maximum absolute atomic E-state index is 13.9. The Bertz CT molecular complexity index is 1620. The molecular formula is C25H25FN6O3. The third-order valence-corrected chi connectivity index (χ3v) is 5.98. The van der Waals surface area contributed by atoms with Crippen LogP contribution in [0.2, 0.25) is 0 Å². The number of aryl methyl sites for hydroxylation is 4. The number of rotatable bonds is 7. The summed E-state index contributed by atoms with van der Waals surface area (Å²) >= 11 is 0. The van der Waals surface area contributed by atoms with Crippen molar-refractivity contribution in [3.8, 4) is 11.5 Å². The molecule has 3 heterocycles. The molecule has 0 saturated carbocycles. The Balaban J connectivity index is 1.67. The number of nitrogens with zero attached hydrogens (tertiary/aromatic N) is 6. The van der Waals surface area contributed by atoms with Gasteiger partial charge in [-0.2, -0.15) is 9.61 Å². The largest absolute Gasteiger partial charge is 0.493 e. The summed E-state index contributed by atoms with van der Waals surface area (Å²) in [5.41, 5.74) is 3.26. The SMILES string of the molecule is COc1cc2c(cc1OC)n(Cc1cccc(F)c1)c(=O)n1nc(CCn3nc(C)cc3C)nc21. The lowest BCUT2D eigenvalue weighted by molar-refractivity contribution is 0.355. The molecule has 35 heavy (non-hydrogen) atoms. The number of aromatic nitrogens is 6. The van der Waals surface area contributed by atoms with Gasteiger partial charge in [0, 0.05) is 30.1 Å². The van der Waals surface area contributed by atoms with Crippen LogP contribution >= 0.6 is 0 Å². The molecule has 5 aromatic rings. The molecule has 0 bridgehead atoms. The van der Waals surface area contributed by atoms with Crippen molar-refractivity contribution in [1.29, 1.82) is 0 Å². The average Bonchev–Trinajstić information content (AvgIpc) is 3.42. The molecule has 0 fully saturated rings. The quantitative estimate of drug-likeness (QED) is 0.358. The number of benzene rings is 2. The number of ether oxygens (including phenoxy) is 2. The Morgan fingerprint density at radius 2 is 1.77 bits per heavy atom. The van der Waals surface area contributed by atoms with E-state index in [0.717, 1.165) is 11.4 Å². The standard InChI is InChI=1S/C25H25FN6O3/c1-15-10-16(2)31(28-15)9-8-23-27-24-19-12-21(34-3)22(35-4)13-20(19)30(25(33)32(24)29-23)14-17-6-5-7-18(26)11-17/h5-7,10-13H,8-9,14H2,1-4H3. The lowest BCUT2D eigenvalue weighted by Gasteiger charge is -2.14. The number of hydrogen-bond acceptors (Lipinski definition) is 6. The van der Waals surface area contributed by atoms with Crippen molar-refractivity contribution >= 4 is 16.6 Å². The van der Waals surface area contributed by atoms with E-state index >= 15 is 0 Å². The van der Waals surface area contributed by atoms with Crippen LogP contribution in [-0.2, 0) is 19.5 Å². The van der Waals surface area contributed by atoms with Crippen LogP contribution in [0, 0.1) is 19.7 Å². The summed E-state index contributed by atoms with van der Waals surface area (Å²) in [6, 6.07) is 11.7. The summed E-state index contributed by atoms with van der Waals surface area (Å²) < 4.78 is 29.6. The van der Waals surface area contributed by atoms with Gasteiger partial charge in [-0.25, -0.2) is 14.2 Å². The van der Waals surface area contributed by atoms with E-state index in [-0.39, 0.29) is 18.1 Å². The van der Waals surface area contributed by atoms with Gasteiger partial charge in [-0.05, 0) is 43.7 Å². The van der Waals surface area contributed by atoms with Crippen molar-refractivity contribution in [2.24, 2.45) is 0 Å². The van der Waals surface area contributed by atoms with Gasteiger partial charge >= 0.3 is 5.69 Å². The summed E-state index contributed by atoms with van der Waals surface area (Å²) in [7, 11) is 3.08. The average molecular weight is 477 g/mol. The maximum atomic E-state index is 13.9. The van der Waals surface area contributed by atoms with E-state index in [4.69, 9.17) is 9.47 Å². The zero-order valence-electron chi connectivity index (χ0n) is 19.9. The predicted octanol–water partition coefficient (Wildman–Crippen LogP) is 3.30. The number of halogens is 1. The van der Waals surface area contributed by atoms with Crippen molar-refractivity contribution in [1.82, 2.24) is 28.9 Å². The van der Waals surface area contributed by atoms with Crippen molar-refractivity contribution in [3.05, 3.63) is 81.5 Å². The Labute approximate surface area is 200 Å². The molecular weight excluding hydrogens is 451 g/mol. The first-order valence-corrected chi connectivity index (χ1v) is 11.2. The number of methoxy groups -OCH3 is 2. The number of hydrogen-bond donors (Lipinski definition) is 0. The highest BCUT2D eigenvalue weighted by Crippen LogP contribution is 2.33. The first-order chi connectivity index (χ1) is 16.9. The van der Waals surface area contributed by atoms with Crippen LogP contribution in [0.25, 0.3) is 16.6 Å². The van der Waals surface area contributed by atoms with E-state index in [1.165, 1.54) is 23.8 Å². The summed E-state index contributed by atoms with van der Waals surface area (Å²) in [5.74, 6) is 1.13. The van der Waals surface area contributed by atoms with Crippen LogP contribution in [0.3, 0.4) is 0 Å². The summed E-state index contributed by atoms with van der Waals surface area (Å²) in [5, 5.41) is 9.67. The van der Waals surface area contributed by atoms with Crippen LogP contribution in [0.15, 0.2) is 47.3 Å². The van der Waals surface area contributed by atoms with Gasteiger partial charge in [-0.3, -0.25) is 9.25 Å². The predicted molar refractivity (Wildman–Crippen MR) is 129 cm³/mol. The monoisotopic (exact) mass is 476 g/mol. The first-order valence-electron chi connectivity index (χ1n) is 11.2. The van der Waals surface area contributed by atoms with Crippen LogP contribution in [0.5, 0.6) is 11.5 Å². The molecule has 2 aromatic carbocycles. The zero-order valence-corrected chi connectivity index (χ0v) is 19.9. The normalized spacial score (nSPS) is 11.5. The second-order valence-corrected chi connectivity index (χ2v) is 8.39. The molecule has 0 spiro atoms. The van der Waals surface area contributed by atoms with E-state index < -0.39 is 0 Å². The van der Waals surface area contributed by atoms with Gasteiger partial charge in [0.05, 0.1) is 32.0 Å². The minimum Gasteiger partial charge on any atom is -0.493 e. The van der Waals surface area contributed by atoms with E-state index in [0.29, 0.717) is 52.4 Å². The van der Waals surface area contributed by atoms with Gasteiger partial charge in [0.2, 0.25) is 0 Å². The molecule has 0 aliphatic rings.